The van der Waals surface area contributed by atoms with Gasteiger partial charge in [-0.1, -0.05) is 50.2 Å². The van der Waals surface area contributed by atoms with E-state index < -0.39 is 5.91 Å². The SMILES string of the molecule is CC(C)(C)c1ccc(-c2noc(CSCC(=O)NO)n2)cc1. The maximum atomic E-state index is 10.9. The largest absolute Gasteiger partial charge is 0.338 e. The number of carbonyl (C=O) groups is 1. The van der Waals surface area contributed by atoms with Crippen molar-refractivity contribution in [2.75, 3.05) is 5.75 Å². The lowest BCUT2D eigenvalue weighted by molar-refractivity contribution is -0.126. The summed E-state index contributed by atoms with van der Waals surface area (Å²) in [4.78, 5) is 15.2. The van der Waals surface area contributed by atoms with Crippen LogP contribution in [0.15, 0.2) is 28.8 Å². The summed E-state index contributed by atoms with van der Waals surface area (Å²) in [6.07, 6.45) is 0. The fourth-order valence-corrected chi connectivity index (χ4v) is 2.46. The lowest BCUT2D eigenvalue weighted by Gasteiger charge is -2.18. The normalized spacial score (nSPS) is 11.5. The van der Waals surface area contributed by atoms with Crippen LogP contribution in [0.1, 0.15) is 32.2 Å². The van der Waals surface area contributed by atoms with E-state index in [0.29, 0.717) is 17.5 Å². The molecule has 7 heteroatoms. The van der Waals surface area contributed by atoms with Crippen LogP contribution in [0.25, 0.3) is 11.4 Å². The molecule has 0 spiro atoms. The maximum absolute atomic E-state index is 10.9. The number of nitrogens with zero attached hydrogens (tertiary/aromatic N) is 2. The van der Waals surface area contributed by atoms with Gasteiger partial charge in [0.25, 0.3) is 5.91 Å². The number of thioether (sulfide) groups is 1. The van der Waals surface area contributed by atoms with E-state index in [2.05, 4.69) is 43.0 Å². The third-order valence-electron chi connectivity index (χ3n) is 3.06. The molecule has 1 aromatic carbocycles. The molecule has 2 aromatic rings. The van der Waals surface area contributed by atoms with Crippen molar-refractivity contribution in [2.45, 2.75) is 31.9 Å². The second kappa shape index (κ2) is 6.93. The van der Waals surface area contributed by atoms with E-state index in [-0.39, 0.29) is 11.2 Å². The minimum Gasteiger partial charge on any atom is -0.338 e. The Hall–Kier alpha value is -1.86. The minimum atomic E-state index is -0.456. The van der Waals surface area contributed by atoms with Gasteiger partial charge in [-0.05, 0) is 11.0 Å². The van der Waals surface area contributed by atoms with Crippen molar-refractivity contribution < 1.29 is 14.5 Å². The number of benzene rings is 1. The van der Waals surface area contributed by atoms with Gasteiger partial charge < -0.3 is 4.52 Å². The highest BCUT2D eigenvalue weighted by Gasteiger charge is 2.14. The van der Waals surface area contributed by atoms with E-state index in [1.165, 1.54) is 17.3 Å². The van der Waals surface area contributed by atoms with Crippen molar-refractivity contribution in [2.24, 2.45) is 0 Å². The standard InChI is InChI=1S/C15H19N3O3S/c1-15(2,3)11-6-4-10(5-7-11)14-16-13(21-18-14)9-22-8-12(19)17-20/h4-7,20H,8-9H2,1-3H3,(H,17,19). The highest BCUT2D eigenvalue weighted by molar-refractivity contribution is 7.99. The number of carbonyl (C=O) groups excluding carboxylic acids is 1. The molecule has 0 unspecified atom stereocenters. The molecular weight excluding hydrogens is 302 g/mol. The van der Waals surface area contributed by atoms with Crippen molar-refractivity contribution in [3.8, 4) is 11.4 Å². The Balaban J connectivity index is 2.00. The van der Waals surface area contributed by atoms with Crippen LogP contribution in [0.2, 0.25) is 0 Å². The molecule has 0 radical (unpaired) electrons. The molecule has 118 valence electrons. The Morgan fingerprint density at radius 1 is 1.32 bits per heavy atom. The molecular formula is C15H19N3O3S. The topological polar surface area (TPSA) is 88.2 Å². The van der Waals surface area contributed by atoms with Gasteiger partial charge in [-0.25, -0.2) is 5.48 Å². The predicted molar refractivity (Wildman–Crippen MR) is 84.5 cm³/mol. The van der Waals surface area contributed by atoms with E-state index in [1.54, 1.807) is 5.48 Å². The lowest BCUT2D eigenvalue weighted by atomic mass is 9.87. The zero-order chi connectivity index (χ0) is 16.2. The van der Waals surface area contributed by atoms with Crippen LogP contribution < -0.4 is 5.48 Å². The summed E-state index contributed by atoms with van der Waals surface area (Å²) in [6.45, 7) is 6.48. The third kappa shape index (κ3) is 4.32. The second-order valence-corrected chi connectivity index (χ2v) is 6.85. The summed E-state index contributed by atoms with van der Waals surface area (Å²) >= 11 is 1.29. The van der Waals surface area contributed by atoms with Gasteiger partial charge in [0.2, 0.25) is 11.7 Å². The molecule has 2 N–H and O–H groups in total. The Morgan fingerprint density at radius 3 is 2.59 bits per heavy atom. The van der Waals surface area contributed by atoms with Crippen LogP contribution in [0.5, 0.6) is 0 Å². The zero-order valence-electron chi connectivity index (χ0n) is 12.8. The fraction of sp³-hybridized carbons (Fsp3) is 0.400. The number of hydrogen-bond acceptors (Lipinski definition) is 6. The summed E-state index contributed by atoms with van der Waals surface area (Å²) in [5.41, 5.74) is 3.81. The highest BCUT2D eigenvalue weighted by atomic mass is 32.2. The van der Waals surface area contributed by atoms with Crippen molar-refractivity contribution in [3.05, 3.63) is 35.7 Å². The smallest absolute Gasteiger partial charge is 0.253 e. The Kier molecular flexibility index (Phi) is 5.20. The number of nitrogens with one attached hydrogen (secondary N) is 1. The average molecular weight is 321 g/mol. The van der Waals surface area contributed by atoms with Crippen molar-refractivity contribution in [3.63, 3.8) is 0 Å². The molecule has 0 aliphatic rings. The number of aromatic nitrogens is 2. The van der Waals surface area contributed by atoms with E-state index in [1.807, 2.05) is 12.1 Å². The first kappa shape index (κ1) is 16.5. The molecule has 0 aliphatic heterocycles. The van der Waals surface area contributed by atoms with Crippen molar-refractivity contribution in [1.82, 2.24) is 15.6 Å². The first-order valence-electron chi connectivity index (χ1n) is 6.84. The molecule has 1 aromatic heterocycles. The summed E-state index contributed by atoms with van der Waals surface area (Å²) in [6, 6.07) is 8.07. The molecule has 0 bridgehead atoms. The zero-order valence-corrected chi connectivity index (χ0v) is 13.6. The molecule has 22 heavy (non-hydrogen) atoms. The third-order valence-corrected chi connectivity index (χ3v) is 3.98. The van der Waals surface area contributed by atoms with Crippen LogP contribution in [-0.4, -0.2) is 27.0 Å². The monoisotopic (exact) mass is 321 g/mol. The minimum absolute atomic E-state index is 0.102. The molecule has 1 amide bonds. The van der Waals surface area contributed by atoms with Crippen LogP contribution in [0.3, 0.4) is 0 Å². The van der Waals surface area contributed by atoms with Gasteiger partial charge in [-0.15, -0.1) is 11.8 Å². The Labute approximate surface area is 133 Å². The van der Waals surface area contributed by atoms with Crippen molar-refractivity contribution >= 4 is 17.7 Å². The van der Waals surface area contributed by atoms with Gasteiger partial charge in [0.05, 0.1) is 11.5 Å². The van der Waals surface area contributed by atoms with Crippen LogP contribution in [0.4, 0.5) is 0 Å². The molecule has 6 nitrogen and oxygen atoms in total. The van der Waals surface area contributed by atoms with Gasteiger partial charge in [0.15, 0.2) is 0 Å². The first-order valence-corrected chi connectivity index (χ1v) is 8.00. The summed E-state index contributed by atoms with van der Waals surface area (Å²) < 4.78 is 5.16. The number of amides is 1. The maximum Gasteiger partial charge on any atom is 0.253 e. The van der Waals surface area contributed by atoms with Gasteiger partial charge in [-0.2, -0.15) is 4.98 Å². The molecule has 0 aliphatic carbocycles. The quantitative estimate of drug-likeness (QED) is 0.650. The van der Waals surface area contributed by atoms with E-state index >= 15 is 0 Å². The molecule has 0 fully saturated rings. The molecule has 2 rings (SSSR count). The Bertz CT molecular complexity index is 632. The van der Waals surface area contributed by atoms with Crippen LogP contribution in [-0.2, 0) is 16.0 Å². The molecule has 0 atom stereocenters. The van der Waals surface area contributed by atoms with E-state index in [9.17, 15) is 4.79 Å². The summed E-state index contributed by atoms with van der Waals surface area (Å²) in [7, 11) is 0. The lowest BCUT2D eigenvalue weighted by Crippen LogP contribution is -2.20. The van der Waals surface area contributed by atoms with Gasteiger partial charge in [0.1, 0.15) is 0 Å². The van der Waals surface area contributed by atoms with Crippen molar-refractivity contribution in [1.29, 1.82) is 0 Å². The number of rotatable bonds is 5. The highest BCUT2D eigenvalue weighted by Crippen LogP contribution is 2.25. The van der Waals surface area contributed by atoms with Crippen LogP contribution in [0, 0.1) is 0 Å². The van der Waals surface area contributed by atoms with Gasteiger partial charge in [-0.3, -0.25) is 10.0 Å². The van der Waals surface area contributed by atoms with E-state index in [4.69, 9.17) is 9.73 Å². The molecule has 0 saturated carbocycles. The predicted octanol–water partition coefficient (Wildman–Crippen LogP) is 2.77. The average Bonchev–Trinajstić information content (AvgIpc) is 2.95. The fourth-order valence-electron chi connectivity index (χ4n) is 1.81. The molecule has 0 saturated heterocycles. The number of hydroxylamine groups is 1. The van der Waals surface area contributed by atoms with Gasteiger partial charge in [0, 0.05) is 5.56 Å². The summed E-state index contributed by atoms with van der Waals surface area (Å²) in [5.74, 6) is 1.07. The van der Waals surface area contributed by atoms with Crippen LogP contribution >= 0.6 is 11.8 Å². The van der Waals surface area contributed by atoms with E-state index in [0.717, 1.165) is 5.56 Å². The number of hydrogen-bond donors (Lipinski definition) is 2. The Morgan fingerprint density at radius 2 is 2.00 bits per heavy atom. The second-order valence-electron chi connectivity index (χ2n) is 5.87. The molecule has 1 heterocycles. The summed E-state index contributed by atoms with van der Waals surface area (Å²) in [5, 5.41) is 12.3. The van der Waals surface area contributed by atoms with Gasteiger partial charge >= 0.3 is 0 Å². The first-order chi connectivity index (χ1) is 10.4.